The minimum absolute atomic E-state index is 0.0197. The van der Waals surface area contributed by atoms with E-state index in [0.29, 0.717) is 52.4 Å². The molecule has 3 amide bonds. The molecule has 0 radical (unpaired) electrons. The summed E-state index contributed by atoms with van der Waals surface area (Å²) in [5.74, 6) is -1.16. The SMILES string of the molecule is CCCCCCCCCCNC(=O)C(O)CN1CCN(CCN(CC(O)C(=O)NCCCCCCCCCC)CC(O)C(=O)NCCCCCCCCCC)CC1. The number of aliphatic hydroxyl groups excluding tert-OH is 3. The van der Waals surface area contributed by atoms with Crippen molar-refractivity contribution in [2.75, 3.05) is 78.5 Å². The second kappa shape index (κ2) is 37.2. The van der Waals surface area contributed by atoms with Gasteiger partial charge in [0.05, 0.1) is 0 Å². The first-order valence-corrected chi connectivity index (χ1v) is 23.8. The predicted molar refractivity (Wildman–Crippen MR) is 234 cm³/mol. The Morgan fingerprint density at radius 2 is 0.754 bits per heavy atom. The van der Waals surface area contributed by atoms with Crippen LogP contribution in [0.2, 0.25) is 0 Å². The van der Waals surface area contributed by atoms with Crippen LogP contribution in [0.15, 0.2) is 0 Å². The van der Waals surface area contributed by atoms with Crippen molar-refractivity contribution in [2.24, 2.45) is 0 Å². The number of unbranched alkanes of at least 4 members (excludes halogenated alkanes) is 21. The Bertz CT molecular complexity index is 927. The molecule has 12 heteroatoms. The molecule has 0 saturated carbocycles. The Balaban J connectivity index is 2.51. The van der Waals surface area contributed by atoms with E-state index in [1.54, 1.807) is 0 Å². The van der Waals surface area contributed by atoms with E-state index >= 15 is 0 Å². The monoisotopic (exact) mass is 811 g/mol. The number of hydrogen-bond donors (Lipinski definition) is 6. The van der Waals surface area contributed by atoms with Gasteiger partial charge in [-0.1, -0.05) is 156 Å². The van der Waals surface area contributed by atoms with Gasteiger partial charge in [-0.25, -0.2) is 0 Å². The maximum atomic E-state index is 12.8. The summed E-state index contributed by atoms with van der Waals surface area (Å²) >= 11 is 0. The third-order valence-electron chi connectivity index (χ3n) is 11.4. The smallest absolute Gasteiger partial charge is 0.250 e. The minimum Gasteiger partial charge on any atom is -0.382 e. The topological polar surface area (TPSA) is 158 Å². The van der Waals surface area contributed by atoms with Crippen LogP contribution in [0.3, 0.4) is 0 Å². The van der Waals surface area contributed by atoms with Crippen LogP contribution in [-0.2, 0) is 14.4 Å². The van der Waals surface area contributed by atoms with E-state index < -0.39 is 30.1 Å². The largest absolute Gasteiger partial charge is 0.382 e. The van der Waals surface area contributed by atoms with E-state index in [9.17, 15) is 29.7 Å². The van der Waals surface area contributed by atoms with Gasteiger partial charge in [0.15, 0.2) is 0 Å². The number of hydrogen-bond acceptors (Lipinski definition) is 9. The zero-order valence-corrected chi connectivity index (χ0v) is 37.1. The maximum absolute atomic E-state index is 12.8. The second-order valence-corrected chi connectivity index (χ2v) is 16.7. The van der Waals surface area contributed by atoms with Crippen molar-refractivity contribution in [2.45, 2.75) is 193 Å². The van der Waals surface area contributed by atoms with Crippen molar-refractivity contribution in [1.82, 2.24) is 30.7 Å². The van der Waals surface area contributed by atoms with Crippen LogP contribution in [0.4, 0.5) is 0 Å². The summed E-state index contributed by atoms with van der Waals surface area (Å²) in [6, 6.07) is 0. The van der Waals surface area contributed by atoms with E-state index in [4.69, 9.17) is 0 Å². The predicted octanol–water partition coefficient (Wildman–Crippen LogP) is 5.76. The Morgan fingerprint density at radius 1 is 0.456 bits per heavy atom. The second-order valence-electron chi connectivity index (χ2n) is 16.7. The fourth-order valence-electron chi connectivity index (χ4n) is 7.48. The van der Waals surface area contributed by atoms with E-state index in [2.05, 4.69) is 46.5 Å². The molecule has 57 heavy (non-hydrogen) atoms. The van der Waals surface area contributed by atoms with Gasteiger partial charge in [0.1, 0.15) is 18.3 Å². The normalized spacial score (nSPS) is 15.4. The van der Waals surface area contributed by atoms with Crippen LogP contribution in [0.1, 0.15) is 175 Å². The molecule has 3 unspecified atom stereocenters. The summed E-state index contributed by atoms with van der Waals surface area (Å²) in [5, 5.41) is 40.9. The first-order valence-electron chi connectivity index (χ1n) is 23.8. The van der Waals surface area contributed by atoms with Crippen molar-refractivity contribution in [3.05, 3.63) is 0 Å². The average molecular weight is 811 g/mol. The van der Waals surface area contributed by atoms with Crippen LogP contribution in [0, 0.1) is 0 Å². The van der Waals surface area contributed by atoms with Gasteiger partial charge in [-0.05, 0) is 19.3 Å². The number of nitrogens with one attached hydrogen (secondary N) is 3. The zero-order chi connectivity index (χ0) is 41.8. The zero-order valence-electron chi connectivity index (χ0n) is 37.1. The first kappa shape index (κ1) is 53.2. The molecule has 1 rings (SSSR count). The molecule has 0 aliphatic carbocycles. The first-order chi connectivity index (χ1) is 27.7. The lowest BCUT2D eigenvalue weighted by Gasteiger charge is -2.36. The van der Waals surface area contributed by atoms with Crippen molar-refractivity contribution in [3.63, 3.8) is 0 Å². The van der Waals surface area contributed by atoms with Crippen LogP contribution in [0.5, 0.6) is 0 Å². The Labute approximate surface area is 349 Å². The van der Waals surface area contributed by atoms with E-state index in [0.717, 1.165) is 64.5 Å². The highest BCUT2D eigenvalue weighted by atomic mass is 16.3. The van der Waals surface area contributed by atoms with Gasteiger partial charge >= 0.3 is 0 Å². The molecular weight excluding hydrogens is 721 g/mol. The van der Waals surface area contributed by atoms with Gasteiger partial charge in [0.25, 0.3) is 0 Å². The third-order valence-corrected chi connectivity index (χ3v) is 11.4. The molecule has 6 N–H and O–H groups in total. The van der Waals surface area contributed by atoms with Crippen molar-refractivity contribution in [3.8, 4) is 0 Å². The number of amides is 3. The van der Waals surface area contributed by atoms with Gasteiger partial charge in [0, 0.05) is 78.5 Å². The standard InChI is InChI=1S/C45H90N6O6/c1-4-7-10-13-16-19-22-25-28-46-43(55)40(52)37-50-34-31-49(32-35-50)33-36-51(38-41(53)44(56)47-29-26-23-20-17-14-11-8-5-2)39-42(54)45(57)48-30-27-24-21-18-15-12-9-6-3/h40-42,52-54H,4-39H2,1-3H3,(H,46,55)(H,47,56)(H,48,57). The quantitative estimate of drug-likeness (QED) is 0.0425. The highest BCUT2D eigenvalue weighted by Gasteiger charge is 2.26. The number of β-amino-alcohol motifs (C(OH)–C–C–N with tert-alkyl or cyclic N) is 1. The summed E-state index contributed by atoms with van der Waals surface area (Å²) in [6.45, 7) is 12.6. The molecule has 1 heterocycles. The number of carbonyl (C=O) groups excluding carboxylic acids is 3. The number of carbonyl (C=O) groups is 3. The lowest BCUT2D eigenvalue weighted by atomic mass is 10.1. The number of aliphatic hydroxyl groups is 3. The van der Waals surface area contributed by atoms with E-state index in [-0.39, 0.29) is 19.0 Å². The maximum Gasteiger partial charge on any atom is 0.250 e. The molecule has 0 aromatic heterocycles. The van der Waals surface area contributed by atoms with Crippen molar-refractivity contribution >= 4 is 17.7 Å². The molecule has 0 spiro atoms. The summed E-state index contributed by atoms with van der Waals surface area (Å²) in [5.41, 5.74) is 0. The fraction of sp³-hybridized carbons (Fsp3) is 0.933. The van der Waals surface area contributed by atoms with E-state index in [1.165, 1.54) is 103 Å². The molecule has 3 atom stereocenters. The molecule has 0 aromatic carbocycles. The molecule has 1 fully saturated rings. The molecule has 0 aromatic rings. The van der Waals surface area contributed by atoms with E-state index in [1.807, 2.05) is 4.90 Å². The van der Waals surface area contributed by atoms with Crippen LogP contribution in [0.25, 0.3) is 0 Å². The molecule has 0 bridgehead atoms. The number of rotatable bonds is 39. The molecule has 1 saturated heterocycles. The fourth-order valence-corrected chi connectivity index (χ4v) is 7.48. The highest BCUT2D eigenvalue weighted by Crippen LogP contribution is 2.11. The molecular formula is C45H90N6O6. The molecule has 336 valence electrons. The average Bonchev–Trinajstić information content (AvgIpc) is 3.21. The van der Waals surface area contributed by atoms with Gasteiger partial charge in [0.2, 0.25) is 17.7 Å². The van der Waals surface area contributed by atoms with Gasteiger partial charge < -0.3 is 31.3 Å². The number of piperazine rings is 1. The van der Waals surface area contributed by atoms with Crippen molar-refractivity contribution < 1.29 is 29.7 Å². The third kappa shape index (κ3) is 29.9. The van der Waals surface area contributed by atoms with Gasteiger partial charge in [-0.3, -0.25) is 29.1 Å². The molecule has 1 aliphatic rings. The summed E-state index contributed by atoms with van der Waals surface area (Å²) < 4.78 is 0. The Morgan fingerprint density at radius 3 is 1.11 bits per heavy atom. The molecule has 1 aliphatic heterocycles. The summed E-state index contributed by atoms with van der Waals surface area (Å²) in [4.78, 5) is 44.4. The van der Waals surface area contributed by atoms with Crippen LogP contribution < -0.4 is 16.0 Å². The van der Waals surface area contributed by atoms with Crippen LogP contribution >= 0.6 is 0 Å². The lowest BCUT2D eigenvalue weighted by Crippen LogP contribution is -2.53. The minimum atomic E-state index is -1.27. The summed E-state index contributed by atoms with van der Waals surface area (Å²) in [6.07, 6.45) is 24.7. The summed E-state index contributed by atoms with van der Waals surface area (Å²) in [7, 11) is 0. The number of nitrogens with zero attached hydrogens (tertiary/aromatic N) is 3. The lowest BCUT2D eigenvalue weighted by molar-refractivity contribution is -0.132. The van der Waals surface area contributed by atoms with Gasteiger partial charge in [-0.15, -0.1) is 0 Å². The Kier molecular flexibility index (Phi) is 34.7. The van der Waals surface area contributed by atoms with Crippen molar-refractivity contribution in [1.29, 1.82) is 0 Å². The Hall–Kier alpha value is -1.83. The highest BCUT2D eigenvalue weighted by molar-refractivity contribution is 5.81. The van der Waals surface area contributed by atoms with Crippen LogP contribution in [-0.4, -0.2) is 145 Å². The molecule has 12 nitrogen and oxygen atoms in total. The van der Waals surface area contributed by atoms with Gasteiger partial charge in [-0.2, -0.15) is 0 Å².